The quantitative estimate of drug-likeness (QED) is 0.629. The summed E-state index contributed by atoms with van der Waals surface area (Å²) in [6.45, 7) is -2.36. The minimum atomic E-state index is -2.36. The van der Waals surface area contributed by atoms with Crippen LogP contribution >= 0.6 is 0 Å². The molecule has 3 aromatic carbocycles. The van der Waals surface area contributed by atoms with Crippen molar-refractivity contribution in [2.24, 2.45) is 0 Å². The second kappa shape index (κ2) is 7.02. The largest absolute Gasteiger partial charge is 0.682 e. The van der Waals surface area contributed by atoms with E-state index in [2.05, 4.69) is 0 Å². The summed E-state index contributed by atoms with van der Waals surface area (Å²) in [5.74, 6) is 0.428. The minimum Gasteiger partial charge on any atom is -0.618 e. The van der Waals surface area contributed by atoms with Gasteiger partial charge in [-0.3, -0.25) is 0 Å². The van der Waals surface area contributed by atoms with Crippen LogP contribution in [0.1, 0.15) is 11.1 Å². The molecule has 0 radical (unpaired) electrons. The third-order valence-electron chi connectivity index (χ3n) is 5.66. The Kier molecular flexibility index (Phi) is 4.31. The van der Waals surface area contributed by atoms with E-state index < -0.39 is 12.7 Å². The molecule has 0 saturated carbocycles. The van der Waals surface area contributed by atoms with Crippen LogP contribution in [0, 0.1) is 5.82 Å². The van der Waals surface area contributed by atoms with Crippen LogP contribution in [0.4, 0.5) is 4.39 Å². The first kappa shape index (κ1) is 18.4. The van der Waals surface area contributed by atoms with Gasteiger partial charge in [-0.25, -0.2) is 9.18 Å². The van der Waals surface area contributed by atoms with Gasteiger partial charge in [-0.1, -0.05) is 42.5 Å². The molecule has 1 unspecified atom stereocenters. The van der Waals surface area contributed by atoms with Crippen molar-refractivity contribution in [3.05, 3.63) is 89.7 Å². The number of carbonyl (C=O) groups is 1. The molecule has 5 nitrogen and oxygen atoms in total. The molecule has 0 spiro atoms. The number of rotatable bonds is 4. The zero-order chi connectivity index (χ0) is 20.7. The molecule has 1 fully saturated rings. The number of halogens is 1. The van der Waals surface area contributed by atoms with E-state index in [0.717, 1.165) is 11.1 Å². The Morgan fingerprint density at radius 1 is 1.03 bits per heavy atom. The summed E-state index contributed by atoms with van der Waals surface area (Å²) in [7, 11) is 1.58. The molecule has 30 heavy (non-hydrogen) atoms. The van der Waals surface area contributed by atoms with E-state index in [9.17, 15) is 9.18 Å². The molecule has 0 bridgehead atoms. The lowest BCUT2D eigenvalue weighted by Gasteiger charge is -2.35. The van der Waals surface area contributed by atoms with Gasteiger partial charge in [0.05, 0.1) is 18.4 Å². The summed E-state index contributed by atoms with van der Waals surface area (Å²) in [5, 5.41) is 0. The maximum atomic E-state index is 13.6. The van der Waals surface area contributed by atoms with Gasteiger partial charge in [-0.15, -0.1) is 0 Å². The number of benzene rings is 3. The van der Waals surface area contributed by atoms with Gasteiger partial charge in [0.15, 0.2) is 0 Å². The average molecular weight is 403 g/mol. The van der Waals surface area contributed by atoms with Crippen LogP contribution in [0.2, 0.25) is 0 Å². The molecule has 0 aliphatic carbocycles. The fraction of sp³-hybridized carbons (Fsp3) is 0.130. The molecule has 7 heteroatoms. The van der Waals surface area contributed by atoms with Gasteiger partial charge in [-0.2, -0.15) is 0 Å². The summed E-state index contributed by atoms with van der Waals surface area (Å²) in [6, 6.07) is 20.5. The molecule has 2 aliphatic rings. The lowest BCUT2D eigenvalue weighted by Crippen LogP contribution is -2.64. The third-order valence-corrected chi connectivity index (χ3v) is 5.66. The van der Waals surface area contributed by atoms with Gasteiger partial charge in [0.2, 0.25) is 6.04 Å². The van der Waals surface area contributed by atoms with Crippen LogP contribution in [-0.2, 0) is 15.9 Å². The molecule has 2 heterocycles. The highest BCUT2D eigenvalue weighted by Gasteiger charge is 2.61. The smallest absolute Gasteiger partial charge is 0.618 e. The van der Waals surface area contributed by atoms with E-state index in [1.807, 2.05) is 53.2 Å². The average Bonchev–Trinajstić information content (AvgIpc) is 3.04. The molecule has 3 aromatic rings. The lowest BCUT2D eigenvalue weighted by molar-refractivity contribution is -0.432. The Balaban J connectivity index is 1.65. The second-order valence-electron chi connectivity index (χ2n) is 7.46. The van der Waals surface area contributed by atoms with Crippen molar-refractivity contribution in [3.63, 3.8) is 0 Å². The zero-order valence-corrected chi connectivity index (χ0v) is 16.3. The minimum absolute atomic E-state index is 0.371. The van der Waals surface area contributed by atoms with E-state index in [-0.39, 0.29) is 11.8 Å². The predicted molar refractivity (Wildman–Crippen MR) is 111 cm³/mol. The highest BCUT2D eigenvalue weighted by atomic mass is 19.1. The number of carbonyl (C=O) groups excluding carboxylic acids is 1. The van der Waals surface area contributed by atoms with Crippen molar-refractivity contribution in [3.8, 4) is 11.5 Å². The Morgan fingerprint density at radius 3 is 2.53 bits per heavy atom. The van der Waals surface area contributed by atoms with Gasteiger partial charge in [0, 0.05) is 12.5 Å². The van der Waals surface area contributed by atoms with Gasteiger partial charge < -0.3 is 18.5 Å². The monoisotopic (exact) mass is 403 g/mol. The maximum Gasteiger partial charge on any atom is 0.682 e. The molecule has 0 aromatic heterocycles. The van der Waals surface area contributed by atoms with Gasteiger partial charge in [0.1, 0.15) is 17.8 Å². The van der Waals surface area contributed by atoms with E-state index in [0.29, 0.717) is 23.4 Å². The van der Waals surface area contributed by atoms with Crippen molar-refractivity contribution in [1.29, 1.82) is 0 Å². The highest BCUT2D eigenvalue weighted by Crippen LogP contribution is 2.34. The fourth-order valence-electron chi connectivity index (χ4n) is 4.15. The maximum absolute atomic E-state index is 13.6. The van der Waals surface area contributed by atoms with Crippen LogP contribution in [0.15, 0.2) is 72.8 Å². The molecule has 2 atom stereocenters. The second-order valence-corrected chi connectivity index (χ2v) is 7.46. The van der Waals surface area contributed by atoms with E-state index in [1.54, 1.807) is 25.3 Å². The summed E-state index contributed by atoms with van der Waals surface area (Å²) >= 11 is 0. The summed E-state index contributed by atoms with van der Waals surface area (Å²) in [4.78, 5) is 13.0. The first-order valence-corrected chi connectivity index (χ1v) is 9.76. The van der Waals surface area contributed by atoms with Crippen LogP contribution in [-0.4, -0.2) is 36.5 Å². The first-order valence-electron chi connectivity index (χ1n) is 9.76. The zero-order valence-electron chi connectivity index (χ0n) is 16.3. The van der Waals surface area contributed by atoms with Crippen LogP contribution < -0.4 is 14.9 Å². The van der Waals surface area contributed by atoms with Crippen molar-refractivity contribution in [2.45, 2.75) is 12.5 Å². The van der Waals surface area contributed by atoms with E-state index in [4.69, 9.17) is 14.0 Å². The van der Waals surface area contributed by atoms with Crippen molar-refractivity contribution in [2.75, 3.05) is 7.11 Å². The number of methoxy groups -OCH3 is 1. The Hall–Kier alpha value is -3.61. The summed E-state index contributed by atoms with van der Waals surface area (Å²) in [5.41, 5.74) is 2.41. The third kappa shape index (κ3) is 2.94. The molecule has 0 amide bonds. The van der Waals surface area contributed by atoms with Gasteiger partial charge in [-0.05, 0) is 35.3 Å². The molecule has 150 valence electrons. The Morgan fingerprint density at radius 2 is 1.80 bits per heavy atom. The molecule has 1 saturated heterocycles. The van der Waals surface area contributed by atoms with Gasteiger partial charge >= 0.3 is 12.7 Å². The SMILES string of the molecule is COc1ccc2c(c1)O[B-]1(c3ccc(F)cc3)OC(=O)[C@H](Cc3ccccc3)[N+]1=C2. The first-order chi connectivity index (χ1) is 14.6. The number of nitrogens with zero attached hydrogens (tertiary/aromatic N) is 1. The summed E-state index contributed by atoms with van der Waals surface area (Å²) in [6.07, 6.45) is 2.36. The van der Waals surface area contributed by atoms with Crippen molar-refractivity contribution >= 4 is 24.3 Å². The normalized spacial score (nSPS) is 21.7. The topological polar surface area (TPSA) is 47.8 Å². The number of fused-ring (bicyclic) bond motifs is 2. The number of ether oxygens (including phenoxy) is 1. The number of hydrogen-bond acceptors (Lipinski definition) is 4. The van der Waals surface area contributed by atoms with Crippen LogP contribution in [0.5, 0.6) is 11.5 Å². The fourth-order valence-corrected chi connectivity index (χ4v) is 4.15. The van der Waals surface area contributed by atoms with E-state index in [1.165, 1.54) is 12.1 Å². The van der Waals surface area contributed by atoms with Crippen LogP contribution in [0.25, 0.3) is 0 Å². The highest BCUT2D eigenvalue weighted by molar-refractivity contribution is 6.77. The predicted octanol–water partition coefficient (Wildman–Crippen LogP) is 2.67. The Bertz CT molecular complexity index is 1150. The van der Waals surface area contributed by atoms with E-state index >= 15 is 0 Å². The molecular weight excluding hydrogens is 384 g/mol. The standard InChI is InChI=1S/C23H19BFNO4/c1-28-20-12-7-17-15-26-21(13-16-5-3-2-4-6-16)23(27)30-24(26,29-22(17)14-20)18-8-10-19(25)11-9-18/h2-12,14-15,21H,13H2,1H3/t21-,24?/m0/s1. The molecular formula is C23H19BFNO4. The molecule has 2 aliphatic heterocycles. The van der Waals surface area contributed by atoms with Crippen molar-refractivity contribution < 1.29 is 27.7 Å². The molecule has 5 rings (SSSR count). The lowest BCUT2D eigenvalue weighted by atomic mass is 9.62. The van der Waals surface area contributed by atoms with Gasteiger partial charge in [0.25, 0.3) is 0 Å². The molecule has 0 N–H and O–H groups in total. The van der Waals surface area contributed by atoms with Crippen molar-refractivity contribution in [1.82, 2.24) is 0 Å². The van der Waals surface area contributed by atoms with Crippen LogP contribution in [0.3, 0.4) is 0 Å². The number of hydrogen-bond donors (Lipinski definition) is 0. The Labute approximate surface area is 173 Å². The summed E-state index contributed by atoms with van der Waals surface area (Å²) < 4.78 is 33.0.